The monoisotopic (exact) mass is 447 g/mol. The van der Waals surface area contributed by atoms with Crippen LogP contribution in [0.3, 0.4) is 0 Å². The van der Waals surface area contributed by atoms with Gasteiger partial charge in [0.05, 0.1) is 20.8 Å². The highest BCUT2D eigenvalue weighted by Crippen LogP contribution is 2.27. The summed E-state index contributed by atoms with van der Waals surface area (Å²) in [5, 5.41) is 0.824. The number of ether oxygens (including phenoxy) is 2. The number of hydrogen-bond acceptors (Lipinski definition) is 4. The summed E-state index contributed by atoms with van der Waals surface area (Å²) in [6.07, 6.45) is 0. The fraction of sp³-hybridized carbons (Fsp3) is 0.120. The van der Waals surface area contributed by atoms with Crippen molar-refractivity contribution in [2.24, 2.45) is 0 Å². The Morgan fingerprint density at radius 3 is 2.30 bits per heavy atom. The Labute approximate surface area is 189 Å². The van der Waals surface area contributed by atoms with Gasteiger partial charge in [-0.3, -0.25) is 20.4 Å². The molecular weight excluding hydrogens is 425 g/mol. The number of rotatable bonds is 6. The van der Waals surface area contributed by atoms with E-state index in [-0.39, 0.29) is 23.6 Å². The quantitative estimate of drug-likeness (QED) is 0.439. The number of hydrogen-bond donors (Lipinski definition) is 2. The van der Waals surface area contributed by atoms with Crippen LogP contribution in [-0.4, -0.2) is 30.6 Å². The average Bonchev–Trinajstić information content (AvgIpc) is 3.21. The van der Waals surface area contributed by atoms with Crippen LogP contribution in [0.1, 0.15) is 26.4 Å². The van der Waals surface area contributed by atoms with Gasteiger partial charge in [-0.05, 0) is 36.4 Å². The third-order valence-electron chi connectivity index (χ3n) is 5.26. The molecule has 33 heavy (non-hydrogen) atoms. The molecule has 1 heterocycles. The van der Waals surface area contributed by atoms with Crippen LogP contribution in [0.25, 0.3) is 10.9 Å². The van der Waals surface area contributed by atoms with Crippen molar-refractivity contribution in [2.75, 3.05) is 14.2 Å². The highest BCUT2D eigenvalue weighted by Gasteiger charge is 2.18. The predicted molar refractivity (Wildman–Crippen MR) is 122 cm³/mol. The molecular formula is C25H22FN3O4. The normalized spacial score (nSPS) is 10.6. The summed E-state index contributed by atoms with van der Waals surface area (Å²) in [6.45, 7) is 0.159. The van der Waals surface area contributed by atoms with Crippen LogP contribution in [0.4, 0.5) is 4.39 Å². The third-order valence-corrected chi connectivity index (χ3v) is 5.26. The van der Waals surface area contributed by atoms with Gasteiger partial charge in [-0.2, -0.15) is 0 Å². The molecule has 0 unspecified atom stereocenters. The molecule has 0 saturated heterocycles. The summed E-state index contributed by atoms with van der Waals surface area (Å²) in [5.41, 5.74) is 6.63. The Morgan fingerprint density at radius 2 is 1.55 bits per heavy atom. The first-order chi connectivity index (χ1) is 16.0. The molecule has 8 heteroatoms. The summed E-state index contributed by atoms with van der Waals surface area (Å²) in [5.74, 6) is -0.543. The maximum Gasteiger partial charge on any atom is 0.286 e. The van der Waals surface area contributed by atoms with Crippen LogP contribution in [0.2, 0.25) is 0 Å². The van der Waals surface area contributed by atoms with E-state index in [1.165, 1.54) is 26.4 Å². The van der Waals surface area contributed by atoms with Gasteiger partial charge in [-0.25, -0.2) is 4.39 Å². The maximum atomic E-state index is 14.3. The molecule has 0 bridgehead atoms. The van der Waals surface area contributed by atoms with E-state index in [1.807, 2.05) is 24.3 Å². The van der Waals surface area contributed by atoms with Crippen molar-refractivity contribution in [1.29, 1.82) is 0 Å². The molecule has 0 aliphatic carbocycles. The number of carbonyl (C=O) groups is 2. The van der Waals surface area contributed by atoms with Gasteiger partial charge in [0.15, 0.2) is 11.5 Å². The standard InChI is InChI=1S/C25H22FN3O4/c1-32-22-12-11-17(14-23(22)33-2)24(30)27-28-25(31)21-13-16-7-4-6-10-20(16)29(21)15-18-8-3-5-9-19(18)26/h3-14H,15H2,1-2H3,(H,27,30)(H,28,31). The van der Waals surface area contributed by atoms with E-state index in [2.05, 4.69) is 10.9 Å². The fourth-order valence-corrected chi connectivity index (χ4v) is 3.59. The van der Waals surface area contributed by atoms with Gasteiger partial charge in [0.1, 0.15) is 11.5 Å². The molecule has 0 aliphatic rings. The molecule has 2 amide bonds. The molecule has 3 aromatic carbocycles. The molecule has 7 nitrogen and oxygen atoms in total. The van der Waals surface area contributed by atoms with Gasteiger partial charge in [0.25, 0.3) is 11.8 Å². The maximum absolute atomic E-state index is 14.3. The summed E-state index contributed by atoms with van der Waals surface area (Å²) < 4.78 is 26.4. The van der Waals surface area contributed by atoms with E-state index >= 15 is 0 Å². The number of halogens is 1. The SMILES string of the molecule is COc1ccc(C(=O)NNC(=O)c2cc3ccccc3n2Cc2ccccc2F)cc1OC. The number of hydrazine groups is 1. The van der Waals surface area contributed by atoms with Gasteiger partial charge < -0.3 is 14.0 Å². The first-order valence-electron chi connectivity index (χ1n) is 10.2. The van der Waals surface area contributed by atoms with Crippen molar-refractivity contribution in [2.45, 2.75) is 6.54 Å². The summed E-state index contributed by atoms with van der Waals surface area (Å²) >= 11 is 0. The van der Waals surface area contributed by atoms with Gasteiger partial charge in [0, 0.05) is 22.0 Å². The lowest BCUT2D eigenvalue weighted by Crippen LogP contribution is -2.42. The Morgan fingerprint density at radius 1 is 0.848 bits per heavy atom. The second-order valence-electron chi connectivity index (χ2n) is 7.24. The molecule has 0 spiro atoms. The highest BCUT2D eigenvalue weighted by molar-refractivity contribution is 6.01. The molecule has 0 atom stereocenters. The van der Waals surface area contributed by atoms with Crippen LogP contribution in [0, 0.1) is 5.82 Å². The zero-order valence-corrected chi connectivity index (χ0v) is 18.1. The molecule has 4 aromatic rings. The van der Waals surface area contributed by atoms with E-state index in [9.17, 15) is 14.0 Å². The topological polar surface area (TPSA) is 81.6 Å². The van der Waals surface area contributed by atoms with Crippen LogP contribution in [0.5, 0.6) is 11.5 Å². The summed E-state index contributed by atoms with van der Waals surface area (Å²) in [7, 11) is 2.97. The number of benzene rings is 3. The van der Waals surface area contributed by atoms with E-state index in [4.69, 9.17) is 9.47 Å². The lowest BCUT2D eigenvalue weighted by atomic mass is 10.2. The number of aromatic nitrogens is 1. The molecule has 0 radical (unpaired) electrons. The third kappa shape index (κ3) is 4.50. The molecule has 0 aliphatic heterocycles. The minimum atomic E-state index is -0.531. The van der Waals surface area contributed by atoms with E-state index < -0.39 is 11.8 Å². The van der Waals surface area contributed by atoms with Gasteiger partial charge in [-0.1, -0.05) is 36.4 Å². The Hall–Kier alpha value is -4.33. The molecule has 0 saturated carbocycles. The number of para-hydroxylation sites is 1. The first-order valence-corrected chi connectivity index (χ1v) is 10.2. The zero-order valence-electron chi connectivity index (χ0n) is 18.1. The van der Waals surface area contributed by atoms with Gasteiger partial charge in [0.2, 0.25) is 0 Å². The minimum Gasteiger partial charge on any atom is -0.493 e. The number of methoxy groups -OCH3 is 2. The minimum absolute atomic E-state index is 0.159. The van der Waals surface area contributed by atoms with Crippen molar-refractivity contribution >= 4 is 22.7 Å². The highest BCUT2D eigenvalue weighted by atomic mass is 19.1. The lowest BCUT2D eigenvalue weighted by molar-refractivity contribution is 0.0842. The Balaban J connectivity index is 1.57. The summed E-state index contributed by atoms with van der Waals surface area (Å²) in [4.78, 5) is 25.5. The first kappa shape index (κ1) is 21.9. The number of nitrogens with one attached hydrogen (secondary N) is 2. The van der Waals surface area contributed by atoms with Crippen LogP contribution < -0.4 is 20.3 Å². The Bertz CT molecular complexity index is 1330. The predicted octanol–water partition coefficient (Wildman–Crippen LogP) is 3.92. The van der Waals surface area contributed by atoms with E-state index in [1.54, 1.807) is 41.0 Å². The van der Waals surface area contributed by atoms with E-state index in [0.29, 0.717) is 17.1 Å². The van der Waals surface area contributed by atoms with Gasteiger partial charge in [-0.15, -0.1) is 0 Å². The molecule has 0 fully saturated rings. The van der Waals surface area contributed by atoms with Crippen molar-refractivity contribution in [3.63, 3.8) is 0 Å². The second-order valence-corrected chi connectivity index (χ2v) is 7.24. The van der Waals surface area contributed by atoms with E-state index in [0.717, 1.165) is 10.9 Å². The molecule has 1 aromatic heterocycles. The number of amides is 2. The Kier molecular flexibility index (Phi) is 6.26. The van der Waals surface area contributed by atoms with Crippen LogP contribution in [-0.2, 0) is 6.54 Å². The fourth-order valence-electron chi connectivity index (χ4n) is 3.59. The zero-order chi connectivity index (χ0) is 23.4. The molecule has 4 rings (SSSR count). The van der Waals surface area contributed by atoms with Gasteiger partial charge >= 0.3 is 0 Å². The van der Waals surface area contributed by atoms with Crippen LogP contribution in [0.15, 0.2) is 72.8 Å². The van der Waals surface area contributed by atoms with Crippen molar-refractivity contribution in [3.05, 3.63) is 95.4 Å². The largest absolute Gasteiger partial charge is 0.493 e. The van der Waals surface area contributed by atoms with Crippen molar-refractivity contribution < 1.29 is 23.5 Å². The smallest absolute Gasteiger partial charge is 0.286 e. The van der Waals surface area contributed by atoms with Crippen molar-refractivity contribution in [1.82, 2.24) is 15.4 Å². The number of nitrogens with zero attached hydrogens (tertiary/aromatic N) is 1. The lowest BCUT2D eigenvalue weighted by Gasteiger charge is -2.13. The van der Waals surface area contributed by atoms with Crippen molar-refractivity contribution in [3.8, 4) is 11.5 Å². The molecule has 168 valence electrons. The van der Waals surface area contributed by atoms with Crippen LogP contribution >= 0.6 is 0 Å². The summed E-state index contributed by atoms with van der Waals surface area (Å²) in [6, 6.07) is 20.2. The second kappa shape index (κ2) is 9.44. The number of fused-ring (bicyclic) bond motifs is 1. The number of carbonyl (C=O) groups excluding carboxylic acids is 2. The average molecular weight is 447 g/mol. The molecule has 2 N–H and O–H groups in total.